The molecule has 13 heavy (non-hydrogen) atoms. The fourth-order valence-electron chi connectivity index (χ4n) is 0.221. The molecule has 0 unspecified atom stereocenters. The molecule has 10 heteroatoms. The molecule has 0 radical (unpaired) electrons. The third-order valence-corrected chi connectivity index (χ3v) is 1.26. The average molecular weight is 234 g/mol. The summed E-state index contributed by atoms with van der Waals surface area (Å²) in [5.74, 6) is -3.54. The first kappa shape index (κ1) is 15.8. The number of hydrogen-bond acceptors (Lipinski definition) is 3. The van der Waals surface area contributed by atoms with Crippen LogP contribution < -0.4 is 29.6 Å². The van der Waals surface area contributed by atoms with Gasteiger partial charge in [-0.15, -0.1) is 0 Å². The Morgan fingerprint density at radius 2 is 1.46 bits per heavy atom. The molecular weight excluding hydrogens is 234 g/mol. The maximum absolute atomic E-state index is 11.7. The molecule has 0 rings (SSSR count). The molecule has 0 N–H and O–H groups in total. The van der Waals surface area contributed by atoms with Crippen LogP contribution in [0.3, 0.4) is 0 Å². The molecule has 0 aromatic heterocycles. The van der Waals surface area contributed by atoms with Crippen molar-refractivity contribution < 1.29 is 64.5 Å². The Morgan fingerprint density at radius 1 is 1.15 bits per heavy atom. The number of allylic oxidation sites excluding steroid dienone is 1. The molecule has 0 heterocycles. The van der Waals surface area contributed by atoms with E-state index in [0.717, 1.165) is 0 Å². The van der Waals surface area contributed by atoms with Gasteiger partial charge in [0.1, 0.15) is 0 Å². The largest absolute Gasteiger partial charge is 1.00 e. The predicted octanol–water partition coefficient (Wildman–Crippen LogP) is -1.79. The molecule has 0 amide bonds. The predicted molar refractivity (Wildman–Crippen MR) is 25.0 cm³/mol. The molecule has 0 aromatic rings. The minimum Gasteiger partial charge on any atom is -0.742 e. The van der Waals surface area contributed by atoms with Gasteiger partial charge in [0.25, 0.3) is 0 Å². The van der Waals surface area contributed by atoms with Crippen molar-refractivity contribution in [2.24, 2.45) is 0 Å². The van der Waals surface area contributed by atoms with E-state index in [9.17, 15) is 34.9 Å². The average Bonchev–Trinajstić information content (AvgIpc) is 1.80. The molecule has 0 fully saturated rings. The van der Waals surface area contributed by atoms with Gasteiger partial charge in [0, 0.05) is 0 Å². The van der Waals surface area contributed by atoms with Gasteiger partial charge >= 0.3 is 35.7 Å². The number of halogens is 5. The standard InChI is InChI=1S/C3HF5O3S.Na/c4-1(3(6,7)8)2(5)12(9,10)11;/h(H,9,10,11);/q;+1/p-1. The Labute approximate surface area is 91.6 Å². The Morgan fingerprint density at radius 3 is 1.54 bits per heavy atom. The summed E-state index contributed by atoms with van der Waals surface area (Å²) >= 11 is 0. The fourth-order valence-corrected chi connectivity index (χ4v) is 0.556. The van der Waals surface area contributed by atoms with Crippen molar-refractivity contribution in [1.82, 2.24) is 0 Å². The third kappa shape index (κ3) is 4.91. The third-order valence-electron chi connectivity index (χ3n) is 0.641. The van der Waals surface area contributed by atoms with Crippen LogP contribution in [0, 0.1) is 0 Å². The van der Waals surface area contributed by atoms with E-state index in [0.29, 0.717) is 0 Å². The van der Waals surface area contributed by atoms with E-state index in [1.807, 2.05) is 0 Å². The first-order valence-corrected chi connectivity index (χ1v) is 3.56. The van der Waals surface area contributed by atoms with Crippen LogP contribution in [0.1, 0.15) is 0 Å². The Kier molecular flexibility index (Phi) is 5.68. The van der Waals surface area contributed by atoms with Gasteiger partial charge in [-0.05, 0) is 0 Å². The van der Waals surface area contributed by atoms with Crippen molar-refractivity contribution in [1.29, 1.82) is 0 Å². The molecule has 0 aliphatic carbocycles. The van der Waals surface area contributed by atoms with E-state index in [2.05, 4.69) is 0 Å². The summed E-state index contributed by atoms with van der Waals surface area (Å²) in [5, 5.41) is -3.35. The van der Waals surface area contributed by atoms with Crippen molar-refractivity contribution in [3.05, 3.63) is 11.0 Å². The SMILES string of the molecule is O=S(=O)([O-])C(F)=C(F)C(F)(F)F.[Na+]. The van der Waals surface area contributed by atoms with E-state index >= 15 is 0 Å². The Bertz CT molecular complexity index is 303. The number of hydrogen-bond donors (Lipinski definition) is 0. The van der Waals surface area contributed by atoms with Gasteiger partial charge in [0.2, 0.25) is 11.0 Å². The molecule has 0 bridgehead atoms. The van der Waals surface area contributed by atoms with E-state index in [4.69, 9.17) is 0 Å². The van der Waals surface area contributed by atoms with Crippen LogP contribution in [0.4, 0.5) is 22.0 Å². The molecule has 0 spiro atoms. The van der Waals surface area contributed by atoms with Gasteiger partial charge in [-0.1, -0.05) is 0 Å². The van der Waals surface area contributed by atoms with Gasteiger partial charge in [-0.2, -0.15) is 22.0 Å². The maximum Gasteiger partial charge on any atom is 1.00 e. The first-order valence-electron chi connectivity index (χ1n) is 2.15. The quantitative estimate of drug-likeness (QED) is 0.306. The molecule has 0 aromatic carbocycles. The van der Waals surface area contributed by atoms with E-state index in [1.54, 1.807) is 0 Å². The van der Waals surface area contributed by atoms with Gasteiger partial charge in [0.15, 0.2) is 10.1 Å². The summed E-state index contributed by atoms with van der Waals surface area (Å²) in [7, 11) is -6.02. The molecule has 0 aliphatic rings. The monoisotopic (exact) mass is 234 g/mol. The zero-order valence-electron chi connectivity index (χ0n) is 6.02. The van der Waals surface area contributed by atoms with Gasteiger partial charge in [0.05, 0.1) is 0 Å². The first-order chi connectivity index (χ1) is 5.07. The van der Waals surface area contributed by atoms with E-state index < -0.39 is 27.3 Å². The maximum atomic E-state index is 11.7. The van der Waals surface area contributed by atoms with Crippen molar-refractivity contribution in [3.8, 4) is 0 Å². The summed E-state index contributed by atoms with van der Waals surface area (Å²) in [6.07, 6.45) is -5.80. The summed E-state index contributed by atoms with van der Waals surface area (Å²) in [6, 6.07) is 0. The van der Waals surface area contributed by atoms with Crippen LogP contribution in [0.5, 0.6) is 0 Å². The number of alkyl halides is 3. The number of rotatable bonds is 1. The van der Waals surface area contributed by atoms with Gasteiger partial charge in [-0.25, -0.2) is 8.42 Å². The van der Waals surface area contributed by atoms with Crippen LogP contribution in [0.2, 0.25) is 0 Å². The molecule has 0 saturated heterocycles. The summed E-state index contributed by atoms with van der Waals surface area (Å²) in [5.41, 5.74) is 0. The van der Waals surface area contributed by atoms with Gasteiger partial charge in [-0.3, -0.25) is 0 Å². The molecule has 0 aliphatic heterocycles. The van der Waals surface area contributed by atoms with Crippen molar-refractivity contribution in [2.45, 2.75) is 6.18 Å². The molecule has 0 saturated carbocycles. The molecule has 72 valence electrons. The van der Waals surface area contributed by atoms with Crippen molar-refractivity contribution in [3.63, 3.8) is 0 Å². The van der Waals surface area contributed by atoms with Gasteiger partial charge < -0.3 is 4.55 Å². The van der Waals surface area contributed by atoms with Crippen molar-refractivity contribution in [2.75, 3.05) is 0 Å². The van der Waals surface area contributed by atoms with Crippen LogP contribution in [0.15, 0.2) is 11.0 Å². The topological polar surface area (TPSA) is 57.2 Å². The second kappa shape index (κ2) is 4.69. The van der Waals surface area contributed by atoms with E-state index in [1.165, 1.54) is 0 Å². The molecular formula is C3F5NaO3S. The second-order valence-electron chi connectivity index (χ2n) is 1.54. The Balaban J connectivity index is 0. The van der Waals surface area contributed by atoms with Crippen molar-refractivity contribution >= 4 is 10.1 Å². The van der Waals surface area contributed by atoms with Crippen LogP contribution in [-0.4, -0.2) is 19.1 Å². The molecule has 3 nitrogen and oxygen atoms in total. The smallest absolute Gasteiger partial charge is 0.742 e. The minimum absolute atomic E-state index is 0. The van der Waals surface area contributed by atoms with E-state index in [-0.39, 0.29) is 29.6 Å². The molecule has 0 atom stereocenters. The second-order valence-corrected chi connectivity index (χ2v) is 2.81. The van der Waals surface area contributed by atoms with Crippen LogP contribution >= 0.6 is 0 Å². The summed E-state index contributed by atoms with van der Waals surface area (Å²) in [4.78, 5) is 0. The Hall–Kier alpha value is 0.300. The fraction of sp³-hybridized carbons (Fsp3) is 0.333. The normalized spacial score (nSPS) is 14.6. The minimum atomic E-state index is -6.02. The summed E-state index contributed by atoms with van der Waals surface area (Å²) < 4.78 is 85.2. The zero-order valence-corrected chi connectivity index (χ0v) is 8.84. The van der Waals surface area contributed by atoms with Crippen LogP contribution in [-0.2, 0) is 10.1 Å². The van der Waals surface area contributed by atoms with Crippen LogP contribution in [0.25, 0.3) is 0 Å². The summed E-state index contributed by atoms with van der Waals surface area (Å²) in [6.45, 7) is 0. The zero-order chi connectivity index (χ0) is 10.2.